The van der Waals surface area contributed by atoms with E-state index in [1.165, 1.54) is 57.6 Å². The average molecular weight is 334 g/mol. The van der Waals surface area contributed by atoms with Crippen LogP contribution < -0.4 is 4.98 Å². The van der Waals surface area contributed by atoms with Gasteiger partial charge in [-0.25, -0.2) is 0 Å². The number of rotatable bonds is 4. The Morgan fingerprint density at radius 3 is 2.00 bits per heavy atom. The first-order valence-electron chi connectivity index (χ1n) is 9.49. The highest BCUT2D eigenvalue weighted by Gasteiger charge is 2.41. The van der Waals surface area contributed by atoms with Gasteiger partial charge in [0.2, 0.25) is 0 Å². The van der Waals surface area contributed by atoms with Crippen LogP contribution in [0.4, 0.5) is 0 Å². The minimum absolute atomic E-state index is 0.191. The molecule has 1 unspecified atom stereocenters. The molecule has 3 nitrogen and oxygen atoms in total. The van der Waals surface area contributed by atoms with E-state index < -0.39 is 8.24 Å². The Hall–Kier alpha value is -0.743. The highest BCUT2D eigenvalue weighted by Crippen LogP contribution is 2.41. The molecule has 1 N–H and O–H groups in total. The van der Waals surface area contributed by atoms with Gasteiger partial charge in [0.25, 0.3) is 0 Å². The van der Waals surface area contributed by atoms with Gasteiger partial charge in [0.1, 0.15) is 8.24 Å². The molecule has 0 bridgehead atoms. The Kier molecular flexibility index (Phi) is 4.67. The first kappa shape index (κ1) is 17.1. The first-order valence-corrected chi connectivity index (χ1v) is 12.6. The standard InChI is InChI=1S/C19H35N3Si/c1-19(2,3)20-23(4,5)18-15-16(21-10-6-7-11-21)14-17(18)22-12-8-9-13-22/h14-15,18,20H,6-13H2,1-5H3. The number of hydrogen-bond acceptors (Lipinski definition) is 3. The fourth-order valence-electron chi connectivity index (χ4n) is 4.60. The summed E-state index contributed by atoms with van der Waals surface area (Å²) >= 11 is 0. The molecule has 2 aliphatic heterocycles. The van der Waals surface area contributed by atoms with Crippen LogP contribution in [0, 0.1) is 0 Å². The van der Waals surface area contributed by atoms with Crippen LogP contribution in [-0.2, 0) is 0 Å². The summed E-state index contributed by atoms with van der Waals surface area (Å²) in [5, 5.41) is 0. The molecule has 23 heavy (non-hydrogen) atoms. The lowest BCUT2D eigenvalue weighted by molar-refractivity contribution is 0.413. The Balaban J connectivity index is 1.86. The fraction of sp³-hybridized carbons (Fsp3) is 0.789. The summed E-state index contributed by atoms with van der Waals surface area (Å²) in [7, 11) is -1.59. The van der Waals surface area contributed by atoms with Crippen molar-refractivity contribution in [3.63, 3.8) is 0 Å². The van der Waals surface area contributed by atoms with E-state index in [1.54, 1.807) is 5.70 Å². The molecule has 1 aliphatic carbocycles. The van der Waals surface area contributed by atoms with E-state index in [4.69, 9.17) is 0 Å². The average Bonchev–Trinajstić information content (AvgIpc) is 3.17. The largest absolute Gasteiger partial charge is 0.374 e. The molecule has 3 aliphatic rings. The van der Waals surface area contributed by atoms with E-state index in [1.807, 2.05) is 0 Å². The first-order chi connectivity index (χ1) is 10.8. The number of nitrogens with zero attached hydrogens (tertiary/aromatic N) is 2. The van der Waals surface area contributed by atoms with Crippen molar-refractivity contribution in [1.29, 1.82) is 0 Å². The van der Waals surface area contributed by atoms with Gasteiger partial charge >= 0.3 is 0 Å². The second-order valence-corrected chi connectivity index (χ2v) is 13.4. The van der Waals surface area contributed by atoms with E-state index in [-0.39, 0.29) is 5.54 Å². The third-order valence-corrected chi connectivity index (χ3v) is 8.78. The molecule has 0 aromatic rings. The molecule has 130 valence electrons. The maximum absolute atomic E-state index is 4.01. The van der Waals surface area contributed by atoms with Crippen LogP contribution in [0.25, 0.3) is 0 Å². The summed E-state index contributed by atoms with van der Waals surface area (Å²) in [6.07, 6.45) is 10.6. The molecule has 1 atom stereocenters. The maximum Gasteiger partial charge on any atom is 0.132 e. The Morgan fingerprint density at radius 2 is 1.48 bits per heavy atom. The van der Waals surface area contributed by atoms with Crippen molar-refractivity contribution in [2.45, 2.75) is 70.6 Å². The lowest BCUT2D eigenvalue weighted by Crippen LogP contribution is -2.57. The van der Waals surface area contributed by atoms with Gasteiger partial charge in [-0.2, -0.15) is 0 Å². The number of allylic oxidation sites excluding steroid dienone is 2. The molecule has 2 saturated heterocycles. The Morgan fingerprint density at radius 1 is 0.957 bits per heavy atom. The molecule has 2 fully saturated rings. The zero-order valence-corrected chi connectivity index (χ0v) is 16.8. The van der Waals surface area contributed by atoms with Gasteiger partial charge in [-0.05, 0) is 52.5 Å². The molecule has 4 heteroatoms. The number of hydrogen-bond donors (Lipinski definition) is 1. The second-order valence-electron chi connectivity index (χ2n) is 9.12. The molecule has 0 aromatic carbocycles. The maximum atomic E-state index is 4.01. The van der Waals surface area contributed by atoms with Gasteiger partial charge < -0.3 is 14.8 Å². The normalized spacial score (nSPS) is 26.0. The topological polar surface area (TPSA) is 18.5 Å². The van der Waals surface area contributed by atoms with Crippen molar-refractivity contribution >= 4 is 8.24 Å². The number of likely N-dealkylation sites (tertiary alicyclic amines) is 2. The molecule has 0 spiro atoms. The minimum atomic E-state index is -1.59. The van der Waals surface area contributed by atoms with Crippen molar-refractivity contribution < 1.29 is 0 Å². The second kappa shape index (κ2) is 6.28. The van der Waals surface area contributed by atoms with Crippen molar-refractivity contribution in [3.05, 3.63) is 23.5 Å². The summed E-state index contributed by atoms with van der Waals surface area (Å²) in [4.78, 5) is 9.29. The van der Waals surface area contributed by atoms with Crippen LogP contribution in [0.3, 0.4) is 0 Å². The van der Waals surface area contributed by atoms with Crippen LogP contribution in [-0.4, -0.2) is 49.8 Å². The Bertz CT molecular complexity index is 489. The lowest BCUT2D eigenvalue weighted by Gasteiger charge is -2.40. The van der Waals surface area contributed by atoms with Crippen molar-refractivity contribution in [2.24, 2.45) is 0 Å². The Labute approximate surface area is 143 Å². The zero-order chi connectivity index (χ0) is 16.7. The zero-order valence-electron chi connectivity index (χ0n) is 15.8. The van der Waals surface area contributed by atoms with E-state index in [0.29, 0.717) is 5.54 Å². The van der Waals surface area contributed by atoms with E-state index >= 15 is 0 Å². The summed E-state index contributed by atoms with van der Waals surface area (Å²) < 4.78 is 0. The quantitative estimate of drug-likeness (QED) is 0.787. The highest BCUT2D eigenvalue weighted by molar-refractivity contribution is 6.77. The predicted molar refractivity (Wildman–Crippen MR) is 102 cm³/mol. The van der Waals surface area contributed by atoms with Crippen LogP contribution in [0.2, 0.25) is 18.6 Å². The molecule has 0 radical (unpaired) electrons. The lowest BCUT2D eigenvalue weighted by atomic mass is 10.1. The minimum Gasteiger partial charge on any atom is -0.374 e. The van der Waals surface area contributed by atoms with E-state index in [0.717, 1.165) is 0 Å². The fourth-order valence-corrected chi connectivity index (χ4v) is 8.28. The molecule has 3 rings (SSSR count). The van der Waals surface area contributed by atoms with Gasteiger partial charge in [-0.1, -0.05) is 19.2 Å². The van der Waals surface area contributed by atoms with Crippen molar-refractivity contribution in [3.8, 4) is 0 Å². The molecule has 0 aromatic heterocycles. The summed E-state index contributed by atoms with van der Waals surface area (Å²) in [5.41, 5.74) is 3.91. The monoisotopic (exact) mass is 333 g/mol. The van der Waals surface area contributed by atoms with E-state index in [2.05, 4.69) is 60.8 Å². The highest BCUT2D eigenvalue weighted by atomic mass is 28.3. The van der Waals surface area contributed by atoms with Gasteiger partial charge in [0.15, 0.2) is 0 Å². The van der Waals surface area contributed by atoms with Gasteiger partial charge in [-0.15, -0.1) is 0 Å². The molecule has 0 amide bonds. The molecular formula is C19H35N3Si. The van der Waals surface area contributed by atoms with Gasteiger partial charge in [0.05, 0.1) is 0 Å². The summed E-state index contributed by atoms with van der Waals surface area (Å²) in [6, 6.07) is 0. The van der Waals surface area contributed by atoms with Crippen LogP contribution in [0.15, 0.2) is 23.5 Å². The third kappa shape index (κ3) is 3.85. The summed E-state index contributed by atoms with van der Waals surface area (Å²) in [6.45, 7) is 16.9. The van der Waals surface area contributed by atoms with Crippen LogP contribution in [0.5, 0.6) is 0 Å². The van der Waals surface area contributed by atoms with Gasteiger partial charge in [0, 0.05) is 48.7 Å². The van der Waals surface area contributed by atoms with E-state index in [9.17, 15) is 0 Å². The SMILES string of the molecule is CC(C)(C)N[Si](C)(C)C1C=C(N2CCCC2)C=C1N1CCCC1. The van der Waals surface area contributed by atoms with Crippen LogP contribution in [0.1, 0.15) is 46.5 Å². The predicted octanol–water partition coefficient (Wildman–Crippen LogP) is 3.92. The van der Waals surface area contributed by atoms with Crippen molar-refractivity contribution in [1.82, 2.24) is 14.8 Å². The number of nitrogens with one attached hydrogen (secondary N) is 1. The third-order valence-electron chi connectivity index (χ3n) is 5.37. The summed E-state index contributed by atoms with van der Waals surface area (Å²) in [5.74, 6) is 0. The van der Waals surface area contributed by atoms with Gasteiger partial charge in [-0.3, -0.25) is 0 Å². The molecule has 2 heterocycles. The van der Waals surface area contributed by atoms with Crippen molar-refractivity contribution in [2.75, 3.05) is 26.2 Å². The smallest absolute Gasteiger partial charge is 0.132 e. The van der Waals surface area contributed by atoms with Crippen LogP contribution >= 0.6 is 0 Å². The molecule has 0 saturated carbocycles. The molecular weight excluding hydrogens is 298 g/mol.